The van der Waals surface area contributed by atoms with Crippen molar-refractivity contribution in [3.63, 3.8) is 0 Å². The van der Waals surface area contributed by atoms with Crippen molar-refractivity contribution in [1.29, 1.82) is 0 Å². The molecule has 0 saturated heterocycles. The van der Waals surface area contributed by atoms with Crippen LogP contribution in [0.4, 0.5) is 30.7 Å². The number of para-hydroxylation sites is 2. The van der Waals surface area contributed by atoms with Gasteiger partial charge in [0.2, 0.25) is 0 Å². The van der Waals surface area contributed by atoms with Gasteiger partial charge in [-0.3, -0.25) is 0 Å². The zero-order valence-electron chi connectivity index (χ0n) is 30.1. The maximum absolute atomic E-state index is 16.3. The fourth-order valence-corrected chi connectivity index (χ4v) is 8.27. The Morgan fingerprint density at radius 3 is 1.24 bits per heavy atom. The molecule has 0 aliphatic rings. The van der Waals surface area contributed by atoms with E-state index in [9.17, 15) is 8.78 Å². The molecule has 2 heterocycles. The number of halogens is 7. The van der Waals surface area contributed by atoms with E-state index >= 15 is 22.0 Å². The van der Waals surface area contributed by atoms with Gasteiger partial charge >= 0.3 is 6.18 Å². The van der Waals surface area contributed by atoms with Crippen LogP contribution in [-0.4, -0.2) is 9.13 Å². The Kier molecular flexibility index (Phi) is 8.05. The highest BCUT2D eigenvalue weighted by Gasteiger charge is 2.40. The normalized spacial score (nSPS) is 12.1. The van der Waals surface area contributed by atoms with Crippen LogP contribution in [-0.2, 0) is 6.18 Å². The van der Waals surface area contributed by atoms with Gasteiger partial charge in [-0.05, 0) is 70.3 Å². The molecule has 10 aromatic rings. The average Bonchev–Trinajstić information content (AvgIpc) is 3.76. The van der Waals surface area contributed by atoms with Crippen LogP contribution in [0.5, 0.6) is 0 Å². The second-order valence-corrected chi connectivity index (χ2v) is 14.1. The molecule has 0 aliphatic heterocycles. The van der Waals surface area contributed by atoms with Gasteiger partial charge in [-0.2, -0.15) is 13.2 Å². The number of benzene rings is 8. The van der Waals surface area contributed by atoms with Crippen molar-refractivity contribution in [1.82, 2.24) is 9.13 Å². The molecule has 0 spiro atoms. The number of aromatic nitrogens is 2. The molecule has 282 valence electrons. The van der Waals surface area contributed by atoms with Crippen molar-refractivity contribution < 1.29 is 30.7 Å². The molecule has 0 saturated carbocycles. The third-order valence-corrected chi connectivity index (χ3v) is 10.8. The predicted molar refractivity (Wildman–Crippen MR) is 216 cm³/mol. The minimum Gasteiger partial charge on any atom is -0.309 e. The summed E-state index contributed by atoms with van der Waals surface area (Å²) in [4.78, 5) is 0. The Hall–Kier alpha value is -7.13. The molecule has 0 bridgehead atoms. The van der Waals surface area contributed by atoms with E-state index in [1.165, 1.54) is 9.13 Å². The molecule has 0 aliphatic carbocycles. The number of alkyl halides is 3. The van der Waals surface area contributed by atoms with Gasteiger partial charge in [-0.15, -0.1) is 0 Å². The molecule has 9 heteroatoms. The Balaban J connectivity index is 1.40. The van der Waals surface area contributed by atoms with Crippen LogP contribution < -0.4 is 0 Å². The molecule has 8 aromatic carbocycles. The maximum Gasteiger partial charge on any atom is 0.420 e. The Morgan fingerprint density at radius 2 is 0.776 bits per heavy atom. The number of rotatable bonds is 5. The summed E-state index contributed by atoms with van der Waals surface area (Å²) in [5.41, 5.74) is 1.74. The molecule has 2 nitrogen and oxygen atoms in total. The monoisotopic (exact) mass is 776 g/mol. The largest absolute Gasteiger partial charge is 0.420 e. The van der Waals surface area contributed by atoms with Crippen LogP contribution >= 0.6 is 0 Å². The highest BCUT2D eigenvalue weighted by atomic mass is 19.4. The van der Waals surface area contributed by atoms with Gasteiger partial charge in [0.15, 0.2) is 23.3 Å². The smallest absolute Gasteiger partial charge is 0.309 e. The summed E-state index contributed by atoms with van der Waals surface area (Å²) in [6.45, 7) is 0. The van der Waals surface area contributed by atoms with Crippen molar-refractivity contribution in [2.45, 2.75) is 6.18 Å². The molecule has 0 fully saturated rings. The quantitative estimate of drug-likeness (QED) is 0.0936. The minimum absolute atomic E-state index is 0.302. The van der Waals surface area contributed by atoms with Crippen molar-refractivity contribution in [3.05, 3.63) is 193 Å². The molecular formula is C49H27F7N2. The van der Waals surface area contributed by atoms with Gasteiger partial charge in [0.05, 0.1) is 33.4 Å². The highest BCUT2D eigenvalue weighted by molar-refractivity contribution is 6.12. The summed E-state index contributed by atoms with van der Waals surface area (Å²) in [6.07, 6.45) is -5.05. The van der Waals surface area contributed by atoms with E-state index in [1.807, 2.05) is 84.9 Å². The van der Waals surface area contributed by atoms with E-state index in [-0.39, 0.29) is 5.56 Å². The number of nitrogens with zero attached hydrogens (tertiary/aromatic N) is 2. The van der Waals surface area contributed by atoms with E-state index in [2.05, 4.69) is 0 Å². The molecule has 0 radical (unpaired) electrons. The lowest BCUT2D eigenvalue weighted by molar-refractivity contribution is -0.137. The Bertz CT molecular complexity index is 3070. The van der Waals surface area contributed by atoms with Crippen LogP contribution in [0.2, 0.25) is 0 Å². The van der Waals surface area contributed by atoms with E-state index in [0.717, 1.165) is 34.4 Å². The molecule has 2 aromatic heterocycles. The zero-order valence-corrected chi connectivity index (χ0v) is 30.1. The maximum atomic E-state index is 16.3. The molecule has 58 heavy (non-hydrogen) atoms. The van der Waals surface area contributed by atoms with Gasteiger partial charge in [0.25, 0.3) is 0 Å². The lowest BCUT2D eigenvalue weighted by Gasteiger charge is -2.23. The van der Waals surface area contributed by atoms with Crippen molar-refractivity contribution in [2.75, 3.05) is 0 Å². The van der Waals surface area contributed by atoms with E-state index < -0.39 is 51.9 Å². The van der Waals surface area contributed by atoms with Crippen LogP contribution in [0.15, 0.2) is 164 Å². The first-order valence-electron chi connectivity index (χ1n) is 18.3. The minimum atomic E-state index is -5.05. The standard InChI is InChI=1S/C49H27F7N2/c50-38-27-37(46(51)48(53)47(38)52)32-25-43(57-39-17-9-7-15-33(39)35-21-19-30(23-41(35)57)28-11-3-1-4-12-28)45(49(54,55)56)44(26-32)58-40-18-10-8-16-34(40)36-22-20-31(24-42(36)58)29-13-5-2-6-14-29/h1-27H. The first-order chi connectivity index (χ1) is 28.1. The first-order valence-corrected chi connectivity index (χ1v) is 18.3. The van der Waals surface area contributed by atoms with Gasteiger partial charge in [-0.25, -0.2) is 17.6 Å². The Labute approximate surface area is 326 Å². The topological polar surface area (TPSA) is 9.86 Å². The molecular weight excluding hydrogens is 750 g/mol. The number of hydrogen-bond donors (Lipinski definition) is 0. The van der Waals surface area contributed by atoms with Gasteiger partial charge in [0.1, 0.15) is 5.56 Å². The van der Waals surface area contributed by atoms with Crippen LogP contribution in [0.1, 0.15) is 5.56 Å². The number of hydrogen-bond acceptors (Lipinski definition) is 0. The SMILES string of the molecule is Fc1cc(-c2cc(-n3c4ccccc4c4ccc(-c5ccccc5)cc43)c(C(F)(F)F)c(-n3c4ccccc4c4ccc(-c5ccccc5)cc43)c2)c(F)c(F)c1F. The summed E-state index contributed by atoms with van der Waals surface area (Å²) in [7, 11) is 0. The average molecular weight is 777 g/mol. The molecule has 0 unspecified atom stereocenters. The van der Waals surface area contributed by atoms with Crippen LogP contribution in [0, 0.1) is 23.3 Å². The van der Waals surface area contributed by atoms with E-state index in [1.54, 1.807) is 60.7 Å². The van der Waals surface area contributed by atoms with Gasteiger partial charge < -0.3 is 9.13 Å². The molecule has 0 N–H and O–H groups in total. The summed E-state index contributed by atoms with van der Waals surface area (Å²) in [5.74, 6) is -7.53. The fourth-order valence-electron chi connectivity index (χ4n) is 8.27. The fraction of sp³-hybridized carbons (Fsp3) is 0.0204. The first kappa shape index (κ1) is 35.3. The van der Waals surface area contributed by atoms with Crippen LogP contribution in [0.3, 0.4) is 0 Å². The second-order valence-electron chi connectivity index (χ2n) is 14.1. The third kappa shape index (κ3) is 5.49. The highest BCUT2D eigenvalue weighted by Crippen LogP contribution is 2.47. The number of fused-ring (bicyclic) bond motifs is 6. The summed E-state index contributed by atoms with van der Waals surface area (Å²) in [5, 5.41) is 2.58. The lowest BCUT2D eigenvalue weighted by atomic mass is 9.98. The third-order valence-electron chi connectivity index (χ3n) is 10.8. The lowest BCUT2D eigenvalue weighted by Crippen LogP contribution is -2.16. The second kappa shape index (κ2) is 13.2. The zero-order chi connectivity index (χ0) is 39.9. The predicted octanol–water partition coefficient (Wildman–Crippen LogP) is 14.5. The van der Waals surface area contributed by atoms with Gasteiger partial charge in [-0.1, -0.05) is 121 Å². The van der Waals surface area contributed by atoms with E-state index in [4.69, 9.17) is 0 Å². The summed E-state index contributed by atoms with van der Waals surface area (Å²) < 4.78 is 112. The molecule has 0 atom stereocenters. The van der Waals surface area contributed by atoms with Crippen molar-refractivity contribution in [3.8, 4) is 44.8 Å². The van der Waals surface area contributed by atoms with Crippen LogP contribution in [0.25, 0.3) is 88.4 Å². The summed E-state index contributed by atoms with van der Waals surface area (Å²) in [6, 6.07) is 46.4. The van der Waals surface area contributed by atoms with E-state index in [0.29, 0.717) is 49.7 Å². The van der Waals surface area contributed by atoms with Crippen molar-refractivity contribution >= 4 is 43.6 Å². The molecule has 0 amide bonds. The van der Waals surface area contributed by atoms with Crippen molar-refractivity contribution in [2.24, 2.45) is 0 Å². The van der Waals surface area contributed by atoms with Gasteiger partial charge in [0, 0.05) is 27.1 Å². The Morgan fingerprint density at radius 1 is 0.345 bits per heavy atom. The molecule has 10 rings (SSSR count). The summed E-state index contributed by atoms with van der Waals surface area (Å²) >= 11 is 0.